The number of esters is 3. The number of aliphatic hydroxyl groups is 5. The number of hydrogen-bond acceptors (Lipinski definition) is 19. The number of carbonyl (C=O) groups excluding carboxylic acids is 4. The Balaban J connectivity index is 1.48. The Morgan fingerprint density at radius 2 is 1.48 bits per heavy atom. The van der Waals surface area contributed by atoms with Gasteiger partial charge in [-0.05, 0) is 24.3 Å². The summed E-state index contributed by atoms with van der Waals surface area (Å²) in [6.07, 6.45) is -9.88. The van der Waals surface area contributed by atoms with Crippen molar-refractivity contribution in [2.24, 2.45) is 0 Å². The molecule has 0 spiro atoms. The van der Waals surface area contributed by atoms with Crippen LogP contribution in [0, 0.1) is 0 Å². The van der Waals surface area contributed by atoms with Gasteiger partial charge in [-0.1, -0.05) is 0 Å². The van der Waals surface area contributed by atoms with Crippen molar-refractivity contribution in [3.63, 3.8) is 0 Å². The zero-order valence-corrected chi connectivity index (χ0v) is 22.6. The molecular formula is C27H22O19. The molecule has 0 radical (unpaired) electrons. The molecule has 19 heteroatoms. The van der Waals surface area contributed by atoms with Gasteiger partial charge >= 0.3 is 17.9 Å². The first-order valence-electron chi connectivity index (χ1n) is 13.0. The molecule has 6 rings (SSSR count). The van der Waals surface area contributed by atoms with Crippen LogP contribution in [0.3, 0.4) is 0 Å². The first-order chi connectivity index (χ1) is 21.5. The highest BCUT2D eigenvalue weighted by Gasteiger charge is 2.70. The number of fused-ring (bicyclic) bond motifs is 2. The summed E-state index contributed by atoms with van der Waals surface area (Å²) in [7, 11) is 0. The van der Waals surface area contributed by atoms with E-state index >= 15 is 0 Å². The molecule has 0 unspecified atom stereocenters. The SMILES string of the molecule is O=C1O[C@H]2[C@H](O)[C@@H](OC(=O)c3cc(O)c(O)c4c3[C@H]3C1=CC(=O)C(O)(O)[C@]3(O)O4)[C@H](OC(=O)c1cc(O)c(O)c(O)c1)O[C@@H]2CO. The van der Waals surface area contributed by atoms with E-state index in [9.17, 15) is 70.2 Å². The first kappa shape index (κ1) is 30.8. The zero-order valence-electron chi connectivity index (χ0n) is 22.6. The summed E-state index contributed by atoms with van der Waals surface area (Å²) in [6, 6.07) is 1.92. The maximum Gasteiger partial charge on any atom is 0.340 e. The van der Waals surface area contributed by atoms with Crippen LogP contribution in [0.5, 0.6) is 34.5 Å². The van der Waals surface area contributed by atoms with E-state index in [-0.39, 0.29) is 0 Å². The van der Waals surface area contributed by atoms with Gasteiger partial charge in [-0.2, -0.15) is 0 Å². The summed E-state index contributed by atoms with van der Waals surface area (Å²) in [4.78, 5) is 52.8. The molecule has 3 aliphatic heterocycles. The molecule has 3 heterocycles. The Hall–Kier alpha value is -5.18. The number of aromatic hydroxyl groups is 5. The molecule has 2 bridgehead atoms. The molecule has 2 aromatic carbocycles. The third kappa shape index (κ3) is 4.21. The molecule has 4 aliphatic rings. The van der Waals surface area contributed by atoms with Crippen molar-refractivity contribution < 1.29 is 93.9 Å². The maximum atomic E-state index is 13.6. The predicted molar refractivity (Wildman–Crippen MR) is 136 cm³/mol. The largest absolute Gasteiger partial charge is 0.504 e. The van der Waals surface area contributed by atoms with E-state index in [0.29, 0.717) is 24.3 Å². The fourth-order valence-corrected chi connectivity index (χ4v) is 5.62. The van der Waals surface area contributed by atoms with Crippen LogP contribution in [0.2, 0.25) is 0 Å². The minimum atomic E-state index is -3.81. The summed E-state index contributed by atoms with van der Waals surface area (Å²) >= 11 is 0. The predicted octanol–water partition coefficient (Wildman–Crippen LogP) is -3.04. The van der Waals surface area contributed by atoms with Crippen molar-refractivity contribution in [1.29, 1.82) is 0 Å². The topological polar surface area (TPSA) is 317 Å². The third-order valence-electron chi connectivity index (χ3n) is 7.92. The fourth-order valence-electron chi connectivity index (χ4n) is 5.62. The van der Waals surface area contributed by atoms with Crippen molar-refractivity contribution in [3.05, 3.63) is 46.5 Å². The lowest BCUT2D eigenvalue weighted by Gasteiger charge is -2.43. The van der Waals surface area contributed by atoms with Crippen LogP contribution in [0.4, 0.5) is 0 Å². The number of hydrogen-bond donors (Lipinski definition) is 10. The van der Waals surface area contributed by atoms with Gasteiger partial charge < -0.3 is 74.7 Å². The number of ether oxygens (including phenoxy) is 5. The Bertz CT molecular complexity index is 1720. The fraction of sp³-hybridized carbons (Fsp3) is 0.333. The Labute approximate surface area is 253 Å². The van der Waals surface area contributed by atoms with Gasteiger partial charge in [0.2, 0.25) is 17.8 Å². The number of rotatable bonds is 3. The molecule has 0 amide bonds. The first-order valence-corrected chi connectivity index (χ1v) is 13.0. The standard InChI is InChI=1S/C27H22O19/c28-5-12-19-18(35)21(25(42-12)45-22(36)6-1-9(29)16(33)10(30)2-6)44-23(37)7-3-11(31)17(34)20-14(7)15-8(24(38)43-19)4-13(32)26(39,40)27(15,41)46-20/h1-4,12,15,18-19,21,25,28-31,33-35,39-41H,5H2/t12-,15-,18+,19-,21-,25+,27-/m1/s1. The van der Waals surface area contributed by atoms with E-state index in [4.69, 9.17) is 23.7 Å². The molecular weight excluding hydrogens is 628 g/mol. The molecule has 0 aromatic heterocycles. The highest BCUT2D eigenvalue weighted by molar-refractivity contribution is 6.08. The van der Waals surface area contributed by atoms with Crippen molar-refractivity contribution in [2.75, 3.05) is 6.61 Å². The van der Waals surface area contributed by atoms with Crippen LogP contribution in [0.15, 0.2) is 29.8 Å². The van der Waals surface area contributed by atoms with E-state index in [1.165, 1.54) is 0 Å². The molecule has 1 fully saturated rings. The van der Waals surface area contributed by atoms with Crippen molar-refractivity contribution in [3.8, 4) is 34.5 Å². The summed E-state index contributed by atoms with van der Waals surface area (Å²) in [5, 5.41) is 104. The summed E-state index contributed by atoms with van der Waals surface area (Å²) in [5.74, 6) is -21.9. The normalized spacial score (nSPS) is 31.0. The highest BCUT2D eigenvalue weighted by atomic mass is 16.7. The van der Waals surface area contributed by atoms with E-state index in [1.807, 2.05) is 0 Å². The summed E-state index contributed by atoms with van der Waals surface area (Å²) in [6.45, 7) is -1.05. The quantitative estimate of drug-likeness (QED) is 0.0683. The monoisotopic (exact) mass is 650 g/mol. The van der Waals surface area contributed by atoms with Crippen LogP contribution in [0.25, 0.3) is 0 Å². The van der Waals surface area contributed by atoms with Gasteiger partial charge in [0.15, 0.2) is 41.0 Å². The number of phenols is 5. The second-order valence-corrected chi connectivity index (χ2v) is 10.6. The van der Waals surface area contributed by atoms with Gasteiger partial charge in [0.1, 0.15) is 12.2 Å². The third-order valence-corrected chi connectivity index (χ3v) is 7.92. The molecule has 19 nitrogen and oxygen atoms in total. The molecule has 1 aliphatic carbocycles. The zero-order chi connectivity index (χ0) is 33.6. The van der Waals surface area contributed by atoms with E-state index in [2.05, 4.69) is 0 Å². The lowest BCUT2D eigenvalue weighted by Crippen LogP contribution is -2.66. The summed E-state index contributed by atoms with van der Waals surface area (Å²) in [5.41, 5.74) is -3.02. The molecule has 46 heavy (non-hydrogen) atoms. The van der Waals surface area contributed by atoms with E-state index in [0.717, 1.165) is 0 Å². The maximum absolute atomic E-state index is 13.6. The molecule has 7 atom stereocenters. The number of carbonyl (C=O) groups is 4. The van der Waals surface area contributed by atoms with Crippen molar-refractivity contribution >= 4 is 23.7 Å². The highest BCUT2D eigenvalue weighted by Crippen LogP contribution is 2.59. The molecule has 10 N–H and O–H groups in total. The molecule has 1 saturated heterocycles. The van der Waals surface area contributed by atoms with Crippen LogP contribution in [-0.2, 0) is 28.5 Å². The van der Waals surface area contributed by atoms with Gasteiger partial charge in [-0.15, -0.1) is 0 Å². The van der Waals surface area contributed by atoms with Crippen molar-refractivity contribution in [2.45, 2.75) is 48.2 Å². The van der Waals surface area contributed by atoms with Crippen molar-refractivity contribution in [1.82, 2.24) is 0 Å². The van der Waals surface area contributed by atoms with Gasteiger partial charge in [0, 0.05) is 5.56 Å². The summed E-state index contributed by atoms with van der Waals surface area (Å²) < 4.78 is 26.4. The second-order valence-electron chi connectivity index (χ2n) is 10.6. The minimum Gasteiger partial charge on any atom is -0.504 e. The van der Waals surface area contributed by atoms with Crippen LogP contribution < -0.4 is 4.74 Å². The minimum absolute atomic E-state index is 0.339. The van der Waals surface area contributed by atoms with Crippen LogP contribution in [0.1, 0.15) is 32.2 Å². The Morgan fingerprint density at radius 3 is 2.11 bits per heavy atom. The lowest BCUT2D eigenvalue weighted by molar-refractivity contribution is -0.323. The Morgan fingerprint density at radius 1 is 0.870 bits per heavy atom. The number of ketones is 1. The average Bonchev–Trinajstić information content (AvgIpc) is 3.32. The smallest absolute Gasteiger partial charge is 0.340 e. The van der Waals surface area contributed by atoms with Crippen LogP contribution >= 0.6 is 0 Å². The molecule has 0 saturated carbocycles. The van der Waals surface area contributed by atoms with Gasteiger partial charge in [-0.3, -0.25) is 4.79 Å². The molecule has 244 valence electrons. The van der Waals surface area contributed by atoms with E-state index < -0.39 is 135 Å². The molecule has 2 aromatic rings. The second kappa shape index (κ2) is 10.2. The van der Waals surface area contributed by atoms with Gasteiger partial charge in [0.05, 0.1) is 29.2 Å². The van der Waals surface area contributed by atoms with Gasteiger partial charge in [0.25, 0.3) is 11.6 Å². The van der Waals surface area contributed by atoms with E-state index in [1.54, 1.807) is 0 Å². The lowest BCUT2D eigenvalue weighted by atomic mass is 9.74. The number of aliphatic hydroxyl groups excluding tert-OH is 2. The van der Waals surface area contributed by atoms with Crippen LogP contribution in [-0.4, -0.2) is 124 Å². The number of benzene rings is 2. The number of phenolic OH excluding ortho intramolecular Hbond substituents is 5. The van der Waals surface area contributed by atoms with Gasteiger partial charge in [-0.25, -0.2) is 14.4 Å². The average molecular weight is 650 g/mol. The Kier molecular flexibility index (Phi) is 6.82.